The van der Waals surface area contributed by atoms with Gasteiger partial charge in [-0.15, -0.1) is 0 Å². The van der Waals surface area contributed by atoms with Gasteiger partial charge in [0.15, 0.2) is 0 Å². The second-order valence-electron chi connectivity index (χ2n) is 7.36. The molecule has 0 spiro atoms. The molecule has 0 radical (unpaired) electrons. The fourth-order valence-corrected chi connectivity index (χ4v) is 4.34. The first-order chi connectivity index (χ1) is 13.1. The summed E-state index contributed by atoms with van der Waals surface area (Å²) in [6.45, 7) is 10.0. The third-order valence-electron chi connectivity index (χ3n) is 5.61. The van der Waals surface area contributed by atoms with Crippen molar-refractivity contribution >= 4 is 17.7 Å². The Morgan fingerprint density at radius 2 is 1.67 bits per heavy atom. The van der Waals surface area contributed by atoms with Crippen LogP contribution >= 0.6 is 11.8 Å². The number of amides is 1. The Balaban J connectivity index is 1.52. The van der Waals surface area contributed by atoms with Crippen molar-refractivity contribution in [3.63, 3.8) is 0 Å². The highest BCUT2D eigenvalue weighted by molar-refractivity contribution is 7.98. The van der Waals surface area contributed by atoms with Crippen LogP contribution in [0.2, 0.25) is 0 Å². The van der Waals surface area contributed by atoms with E-state index >= 15 is 0 Å². The third kappa shape index (κ3) is 4.99. The number of aryl methyl sites for hydroxylation is 2. The number of piperazine rings is 1. The number of carbonyl (C=O) groups excluding carboxylic acids is 1. The number of thioether (sulfide) groups is 1. The molecule has 1 saturated heterocycles. The molecule has 5 nitrogen and oxygen atoms in total. The van der Waals surface area contributed by atoms with E-state index < -0.39 is 0 Å². The van der Waals surface area contributed by atoms with Crippen LogP contribution in [0.1, 0.15) is 23.9 Å². The summed E-state index contributed by atoms with van der Waals surface area (Å²) in [5, 5.41) is 0. The van der Waals surface area contributed by atoms with Gasteiger partial charge < -0.3 is 14.0 Å². The molecule has 3 rings (SSSR count). The number of hydrogen-bond acceptors (Lipinski definition) is 3. The van der Waals surface area contributed by atoms with Crippen molar-refractivity contribution < 1.29 is 4.79 Å². The average Bonchev–Trinajstić information content (AvgIpc) is 3.31. The van der Waals surface area contributed by atoms with Crippen LogP contribution in [0.25, 0.3) is 0 Å². The molecule has 2 aromatic rings. The van der Waals surface area contributed by atoms with Crippen molar-refractivity contribution in [2.75, 3.05) is 44.7 Å². The minimum Gasteiger partial charge on any atom is -0.348 e. The van der Waals surface area contributed by atoms with Crippen LogP contribution in [0, 0.1) is 13.8 Å². The van der Waals surface area contributed by atoms with E-state index in [4.69, 9.17) is 0 Å². The standard InChI is InChI=1S/C21H32N4OS/c1-18-6-7-19(2)25(18)16-13-22-11-14-24(15-12-22)21(26)20(8-17-27-3)23-9-4-5-10-23/h4-7,9-10,20H,8,11-17H2,1-3H3. The van der Waals surface area contributed by atoms with Crippen LogP contribution < -0.4 is 0 Å². The Bertz CT molecular complexity index is 697. The van der Waals surface area contributed by atoms with Gasteiger partial charge in [-0.1, -0.05) is 0 Å². The smallest absolute Gasteiger partial charge is 0.245 e. The van der Waals surface area contributed by atoms with Crippen LogP contribution in [0.5, 0.6) is 0 Å². The summed E-state index contributed by atoms with van der Waals surface area (Å²) in [6, 6.07) is 8.30. The minimum absolute atomic E-state index is 0.0656. The van der Waals surface area contributed by atoms with Gasteiger partial charge in [-0.2, -0.15) is 11.8 Å². The highest BCUT2D eigenvalue weighted by Crippen LogP contribution is 2.19. The van der Waals surface area contributed by atoms with Gasteiger partial charge in [0.1, 0.15) is 6.04 Å². The normalized spacial score (nSPS) is 16.6. The number of nitrogens with zero attached hydrogens (tertiary/aromatic N) is 4. The molecule has 0 saturated carbocycles. The Kier molecular flexibility index (Phi) is 7.07. The van der Waals surface area contributed by atoms with Crippen molar-refractivity contribution in [1.82, 2.24) is 18.9 Å². The third-order valence-corrected chi connectivity index (χ3v) is 6.25. The Morgan fingerprint density at radius 1 is 1.04 bits per heavy atom. The molecule has 0 aromatic carbocycles. The monoisotopic (exact) mass is 388 g/mol. The quantitative estimate of drug-likeness (QED) is 0.697. The van der Waals surface area contributed by atoms with Crippen LogP contribution in [0.15, 0.2) is 36.7 Å². The maximum Gasteiger partial charge on any atom is 0.245 e. The van der Waals surface area contributed by atoms with Crippen molar-refractivity contribution in [3.8, 4) is 0 Å². The highest BCUT2D eigenvalue weighted by atomic mass is 32.2. The summed E-state index contributed by atoms with van der Waals surface area (Å²) >= 11 is 1.80. The fourth-order valence-electron chi connectivity index (χ4n) is 3.88. The summed E-state index contributed by atoms with van der Waals surface area (Å²) in [6.07, 6.45) is 7.02. The van der Waals surface area contributed by atoms with E-state index in [0.29, 0.717) is 0 Å². The Morgan fingerprint density at radius 3 is 2.26 bits per heavy atom. The van der Waals surface area contributed by atoms with E-state index in [1.165, 1.54) is 11.4 Å². The lowest BCUT2D eigenvalue weighted by molar-refractivity contribution is -0.136. The first kappa shape index (κ1) is 20.1. The zero-order chi connectivity index (χ0) is 19.2. The maximum absolute atomic E-state index is 13.1. The van der Waals surface area contributed by atoms with Crippen molar-refractivity contribution in [1.29, 1.82) is 0 Å². The molecule has 27 heavy (non-hydrogen) atoms. The summed E-state index contributed by atoms with van der Waals surface area (Å²) in [5.74, 6) is 1.28. The van der Waals surface area contributed by atoms with Crippen LogP contribution in [-0.4, -0.2) is 69.6 Å². The van der Waals surface area contributed by atoms with Gasteiger partial charge in [-0.05, 0) is 56.5 Å². The molecule has 0 aliphatic carbocycles. The topological polar surface area (TPSA) is 33.4 Å². The molecule has 1 aliphatic heterocycles. The lowest BCUT2D eigenvalue weighted by Gasteiger charge is -2.37. The Labute approximate surface area is 167 Å². The molecule has 2 aromatic heterocycles. The van der Waals surface area contributed by atoms with Gasteiger partial charge in [0.25, 0.3) is 0 Å². The molecule has 3 heterocycles. The number of hydrogen-bond donors (Lipinski definition) is 0. The first-order valence-electron chi connectivity index (χ1n) is 9.85. The van der Waals surface area contributed by atoms with E-state index in [1.54, 1.807) is 11.8 Å². The fraction of sp³-hybridized carbons (Fsp3) is 0.571. The van der Waals surface area contributed by atoms with Gasteiger partial charge in [0.05, 0.1) is 0 Å². The minimum atomic E-state index is -0.0656. The lowest BCUT2D eigenvalue weighted by Crippen LogP contribution is -2.51. The van der Waals surface area contributed by atoms with E-state index in [-0.39, 0.29) is 11.9 Å². The zero-order valence-electron chi connectivity index (χ0n) is 16.8. The van der Waals surface area contributed by atoms with Gasteiger partial charge in [0, 0.05) is 63.1 Å². The predicted octanol–water partition coefficient (Wildman–Crippen LogP) is 3.05. The largest absolute Gasteiger partial charge is 0.348 e. The van der Waals surface area contributed by atoms with E-state index in [2.05, 4.69) is 51.2 Å². The van der Waals surface area contributed by atoms with Crippen LogP contribution in [-0.2, 0) is 11.3 Å². The molecule has 1 amide bonds. The molecule has 1 aliphatic rings. The van der Waals surface area contributed by atoms with E-state index in [9.17, 15) is 4.79 Å². The highest BCUT2D eigenvalue weighted by Gasteiger charge is 2.27. The molecule has 1 atom stereocenters. The van der Waals surface area contributed by atoms with Gasteiger partial charge in [-0.25, -0.2) is 0 Å². The Hall–Kier alpha value is -1.66. The lowest BCUT2D eigenvalue weighted by atomic mass is 10.1. The first-order valence-corrected chi connectivity index (χ1v) is 11.2. The maximum atomic E-state index is 13.1. The zero-order valence-corrected chi connectivity index (χ0v) is 17.6. The summed E-state index contributed by atoms with van der Waals surface area (Å²) in [5.41, 5.74) is 2.65. The van der Waals surface area contributed by atoms with Crippen LogP contribution in [0.3, 0.4) is 0 Å². The molecule has 1 unspecified atom stereocenters. The van der Waals surface area contributed by atoms with Crippen molar-refractivity contribution in [3.05, 3.63) is 48.0 Å². The second-order valence-corrected chi connectivity index (χ2v) is 8.35. The SMILES string of the molecule is CSCCC(C(=O)N1CCN(CCn2c(C)ccc2C)CC1)n1cccc1. The van der Waals surface area contributed by atoms with Crippen LogP contribution in [0.4, 0.5) is 0 Å². The molecule has 0 N–H and O–H groups in total. The van der Waals surface area contributed by atoms with Crippen molar-refractivity contribution in [2.24, 2.45) is 0 Å². The average molecular weight is 389 g/mol. The number of carbonyl (C=O) groups is 1. The van der Waals surface area contributed by atoms with E-state index in [1.807, 2.05) is 24.5 Å². The molecule has 0 bridgehead atoms. The molecule has 1 fully saturated rings. The summed E-state index contributed by atoms with van der Waals surface area (Å²) < 4.78 is 4.45. The summed E-state index contributed by atoms with van der Waals surface area (Å²) in [7, 11) is 0. The van der Waals surface area contributed by atoms with Gasteiger partial charge >= 0.3 is 0 Å². The van der Waals surface area contributed by atoms with E-state index in [0.717, 1.165) is 51.4 Å². The van der Waals surface area contributed by atoms with Gasteiger partial charge in [0.2, 0.25) is 5.91 Å². The summed E-state index contributed by atoms with van der Waals surface area (Å²) in [4.78, 5) is 17.7. The number of rotatable bonds is 8. The molecule has 148 valence electrons. The number of aromatic nitrogens is 2. The van der Waals surface area contributed by atoms with Crippen molar-refractivity contribution in [2.45, 2.75) is 32.9 Å². The van der Waals surface area contributed by atoms with Gasteiger partial charge in [-0.3, -0.25) is 9.69 Å². The predicted molar refractivity (Wildman–Crippen MR) is 113 cm³/mol. The molecular formula is C21H32N4OS. The molecular weight excluding hydrogens is 356 g/mol. The second kappa shape index (κ2) is 9.51. The molecule has 6 heteroatoms.